The zero-order valence-corrected chi connectivity index (χ0v) is 16.5. The Kier molecular flexibility index (Phi) is 4.74. The van der Waals surface area contributed by atoms with Gasteiger partial charge in [-0.3, -0.25) is 0 Å². The zero-order valence-electron chi connectivity index (χ0n) is 16.5. The number of hydrogen-bond acceptors (Lipinski definition) is 4. The van der Waals surface area contributed by atoms with Crippen molar-refractivity contribution in [3.63, 3.8) is 0 Å². The van der Waals surface area contributed by atoms with Gasteiger partial charge in [-0.05, 0) is 28.8 Å². The predicted molar refractivity (Wildman–Crippen MR) is 120 cm³/mol. The summed E-state index contributed by atoms with van der Waals surface area (Å²) in [5, 5.41) is 11.0. The quantitative estimate of drug-likeness (QED) is 0.442. The molecule has 4 aromatic carbocycles. The molecule has 0 aliphatic carbocycles. The minimum atomic E-state index is -0.563. The van der Waals surface area contributed by atoms with Crippen LogP contribution in [0.2, 0.25) is 0 Å². The Morgan fingerprint density at radius 3 is 1.40 bits per heavy atom. The molecule has 1 heterocycles. The van der Waals surface area contributed by atoms with Crippen LogP contribution in [0.25, 0.3) is 0 Å². The normalized spacial score (nSPS) is 15.7. The van der Waals surface area contributed by atoms with Crippen molar-refractivity contribution < 1.29 is 0 Å². The Balaban J connectivity index is 1.81. The third kappa shape index (κ3) is 2.94. The van der Waals surface area contributed by atoms with Crippen LogP contribution in [-0.2, 0) is 5.41 Å². The number of rotatable bonds is 5. The molecule has 1 N–H and O–H groups in total. The van der Waals surface area contributed by atoms with Gasteiger partial charge in [0, 0.05) is 0 Å². The molecule has 1 aliphatic rings. The van der Waals surface area contributed by atoms with Gasteiger partial charge < -0.3 is 0 Å². The molecule has 0 spiro atoms. The summed E-state index contributed by atoms with van der Waals surface area (Å²) < 4.78 is 0. The Morgan fingerprint density at radius 2 is 0.967 bits per heavy atom. The van der Waals surface area contributed by atoms with Gasteiger partial charge in [-0.15, -0.1) is 5.11 Å². The molecule has 0 bridgehead atoms. The van der Waals surface area contributed by atoms with E-state index in [2.05, 4.69) is 95.7 Å². The number of hydrazine groups is 1. The zero-order chi connectivity index (χ0) is 20.2. The van der Waals surface area contributed by atoms with E-state index < -0.39 is 5.41 Å². The molecular formula is C26H22N4. The van der Waals surface area contributed by atoms with Crippen LogP contribution >= 0.6 is 0 Å². The van der Waals surface area contributed by atoms with Crippen LogP contribution in [0.4, 0.5) is 5.69 Å². The molecule has 4 aromatic rings. The molecular weight excluding hydrogens is 368 g/mol. The molecule has 146 valence electrons. The van der Waals surface area contributed by atoms with Crippen LogP contribution in [0.15, 0.2) is 132 Å². The van der Waals surface area contributed by atoms with Gasteiger partial charge in [-0.1, -0.05) is 114 Å². The summed E-state index contributed by atoms with van der Waals surface area (Å²) in [6, 6.07) is 41.9. The average molecular weight is 390 g/mol. The third-order valence-electron chi connectivity index (χ3n) is 5.67. The van der Waals surface area contributed by atoms with E-state index in [0.29, 0.717) is 0 Å². The van der Waals surface area contributed by atoms with Crippen molar-refractivity contribution in [1.82, 2.24) is 5.53 Å². The first kappa shape index (κ1) is 18.1. The molecule has 4 nitrogen and oxygen atoms in total. The first-order valence-electron chi connectivity index (χ1n) is 10.1. The topological polar surface area (TPSA) is 40.0 Å². The molecule has 1 aliphatic heterocycles. The van der Waals surface area contributed by atoms with E-state index in [0.717, 1.165) is 22.4 Å². The summed E-state index contributed by atoms with van der Waals surface area (Å²) in [5.74, 6) is 0. The molecule has 0 saturated heterocycles. The number of benzene rings is 4. The van der Waals surface area contributed by atoms with Crippen molar-refractivity contribution in [3.05, 3.63) is 138 Å². The highest BCUT2D eigenvalue weighted by atomic mass is 15.8. The van der Waals surface area contributed by atoms with Crippen molar-refractivity contribution in [3.8, 4) is 0 Å². The van der Waals surface area contributed by atoms with E-state index in [1.807, 2.05) is 41.4 Å². The van der Waals surface area contributed by atoms with E-state index >= 15 is 0 Å². The maximum Gasteiger partial charge on any atom is 0.182 e. The largest absolute Gasteiger partial charge is 0.243 e. The third-order valence-corrected chi connectivity index (χ3v) is 5.67. The Hall–Kier alpha value is -3.92. The molecule has 0 radical (unpaired) electrons. The molecule has 4 heteroatoms. The standard InChI is InChI=1S/C26H22N4/c1-5-13-21(14-6-1)26(22-15-7-2-8-16-22,23-17-9-3-10-18-23)25-27-28-29-30(25)24-19-11-4-12-20-24/h1-20,25H,(H,27,29). The van der Waals surface area contributed by atoms with Gasteiger partial charge in [0.05, 0.1) is 11.1 Å². The number of para-hydroxylation sites is 1. The monoisotopic (exact) mass is 390 g/mol. The van der Waals surface area contributed by atoms with Gasteiger partial charge in [0.15, 0.2) is 6.17 Å². The highest BCUT2D eigenvalue weighted by Crippen LogP contribution is 2.46. The number of nitrogens with zero attached hydrogens (tertiary/aromatic N) is 3. The fraction of sp³-hybridized carbons (Fsp3) is 0.0769. The van der Waals surface area contributed by atoms with Crippen LogP contribution in [0.3, 0.4) is 0 Å². The summed E-state index contributed by atoms with van der Waals surface area (Å²) in [6.07, 6.45) is -0.313. The first-order chi connectivity index (χ1) is 14.9. The van der Waals surface area contributed by atoms with E-state index in [-0.39, 0.29) is 6.17 Å². The SMILES string of the molecule is c1ccc(N2NN=NC2C(c2ccccc2)(c2ccccc2)c2ccccc2)cc1. The number of nitrogens with one attached hydrogen (secondary N) is 1. The van der Waals surface area contributed by atoms with Crippen LogP contribution in [0.5, 0.6) is 0 Å². The minimum Gasteiger partial charge on any atom is -0.243 e. The van der Waals surface area contributed by atoms with Gasteiger partial charge in [0.1, 0.15) is 0 Å². The molecule has 30 heavy (non-hydrogen) atoms. The lowest BCUT2D eigenvalue weighted by molar-refractivity contribution is 0.462. The molecule has 0 amide bonds. The van der Waals surface area contributed by atoms with Crippen LogP contribution in [0, 0.1) is 0 Å². The second kappa shape index (κ2) is 7.84. The molecule has 1 unspecified atom stereocenters. The van der Waals surface area contributed by atoms with Crippen molar-refractivity contribution in [2.75, 3.05) is 5.01 Å². The fourth-order valence-electron chi connectivity index (χ4n) is 4.35. The second-order valence-electron chi connectivity index (χ2n) is 7.30. The van der Waals surface area contributed by atoms with Crippen LogP contribution in [-0.4, -0.2) is 6.17 Å². The second-order valence-corrected chi connectivity index (χ2v) is 7.30. The number of anilines is 1. The van der Waals surface area contributed by atoms with E-state index in [1.54, 1.807) is 0 Å². The first-order valence-corrected chi connectivity index (χ1v) is 10.1. The summed E-state index contributed by atoms with van der Waals surface area (Å²) in [5.41, 5.74) is 7.07. The summed E-state index contributed by atoms with van der Waals surface area (Å²) >= 11 is 0. The summed E-state index contributed by atoms with van der Waals surface area (Å²) in [4.78, 5) is 0. The van der Waals surface area contributed by atoms with E-state index in [9.17, 15) is 0 Å². The number of hydrogen-bond donors (Lipinski definition) is 1. The maximum absolute atomic E-state index is 4.73. The van der Waals surface area contributed by atoms with Gasteiger partial charge in [-0.2, -0.15) is 5.53 Å². The fourth-order valence-corrected chi connectivity index (χ4v) is 4.35. The molecule has 5 rings (SSSR count). The van der Waals surface area contributed by atoms with Gasteiger partial charge >= 0.3 is 0 Å². The molecule has 0 saturated carbocycles. The lowest BCUT2D eigenvalue weighted by Gasteiger charge is -2.42. The summed E-state index contributed by atoms with van der Waals surface area (Å²) in [7, 11) is 0. The van der Waals surface area contributed by atoms with Gasteiger partial charge in [0.2, 0.25) is 0 Å². The van der Waals surface area contributed by atoms with Crippen molar-refractivity contribution >= 4 is 5.69 Å². The van der Waals surface area contributed by atoms with Crippen molar-refractivity contribution in [2.24, 2.45) is 10.3 Å². The molecule has 0 fully saturated rings. The average Bonchev–Trinajstić information content (AvgIpc) is 3.33. The maximum atomic E-state index is 4.73. The van der Waals surface area contributed by atoms with Gasteiger partial charge in [0.25, 0.3) is 0 Å². The lowest BCUT2D eigenvalue weighted by atomic mass is 9.67. The predicted octanol–water partition coefficient (Wildman–Crippen LogP) is 5.74. The lowest BCUT2D eigenvalue weighted by Crippen LogP contribution is -2.52. The highest BCUT2D eigenvalue weighted by molar-refractivity contribution is 5.57. The van der Waals surface area contributed by atoms with Gasteiger partial charge in [-0.25, -0.2) is 5.01 Å². The minimum absolute atomic E-state index is 0.313. The Labute approximate surface area is 176 Å². The van der Waals surface area contributed by atoms with Crippen LogP contribution < -0.4 is 10.5 Å². The van der Waals surface area contributed by atoms with E-state index in [1.165, 1.54) is 0 Å². The Morgan fingerprint density at radius 1 is 0.567 bits per heavy atom. The Bertz CT molecular complexity index is 1020. The molecule has 1 atom stereocenters. The summed E-state index contributed by atoms with van der Waals surface area (Å²) in [6.45, 7) is 0. The highest BCUT2D eigenvalue weighted by Gasteiger charge is 2.49. The smallest absolute Gasteiger partial charge is 0.182 e. The van der Waals surface area contributed by atoms with Crippen LogP contribution in [0.1, 0.15) is 16.7 Å². The van der Waals surface area contributed by atoms with E-state index in [4.69, 9.17) is 5.11 Å². The molecule has 0 aromatic heterocycles. The van der Waals surface area contributed by atoms with Crippen molar-refractivity contribution in [2.45, 2.75) is 11.6 Å². The van der Waals surface area contributed by atoms with Crippen molar-refractivity contribution in [1.29, 1.82) is 0 Å².